The van der Waals surface area contributed by atoms with Crippen LogP contribution in [0.15, 0.2) is 72.4 Å². The van der Waals surface area contributed by atoms with E-state index >= 15 is 8.78 Å². The Bertz CT molecular complexity index is 3510. The molecule has 5 fully saturated rings. The van der Waals surface area contributed by atoms with E-state index < -0.39 is 41.1 Å². The van der Waals surface area contributed by atoms with Gasteiger partial charge in [0.15, 0.2) is 5.82 Å². The fraction of sp³-hybridized carbons (Fsp3) is 0.484. The average molecular weight is 1160 g/mol. The van der Waals surface area contributed by atoms with Gasteiger partial charge in [-0.25, -0.2) is 13.8 Å². The number of aliphatic hydroxyl groups is 1. The number of β-amino-alcohol motifs (C(OH)–C–C–N with tert-alkyl or cyclic N) is 1. The van der Waals surface area contributed by atoms with Crippen LogP contribution < -0.4 is 25.6 Å². The van der Waals surface area contributed by atoms with Gasteiger partial charge in [0.05, 0.1) is 45.7 Å². The Balaban J connectivity index is 0.686. The number of phenols is 1. The first kappa shape index (κ1) is 58.6. The summed E-state index contributed by atoms with van der Waals surface area (Å²) < 4.78 is 38.8. The number of aromatic nitrogens is 4. The van der Waals surface area contributed by atoms with E-state index in [1.54, 1.807) is 11.3 Å². The number of piperidine rings is 1. The average Bonchev–Trinajstić information content (AvgIpc) is 2.39. The number of aryl methyl sites for hydroxylation is 1. The van der Waals surface area contributed by atoms with E-state index in [1.165, 1.54) is 35.4 Å². The minimum atomic E-state index is -0.922. The molecular formula is C64H75F2N11O6S. The molecule has 442 valence electrons. The molecule has 5 aliphatic heterocycles. The molecule has 84 heavy (non-hydrogen) atoms. The number of aliphatic hydroxyl groups excluding tert-OH is 1. The van der Waals surface area contributed by atoms with E-state index in [1.807, 2.05) is 64.4 Å². The van der Waals surface area contributed by atoms with Crippen molar-refractivity contribution in [3.63, 3.8) is 0 Å². The van der Waals surface area contributed by atoms with E-state index in [2.05, 4.69) is 53.1 Å². The zero-order chi connectivity index (χ0) is 59.1. The molecule has 0 spiro atoms. The number of likely N-dealkylation sites (tertiary alicyclic amines) is 3. The normalized spacial score (nSPS) is 22.2. The van der Waals surface area contributed by atoms with Crippen molar-refractivity contribution in [3.05, 3.63) is 101 Å². The smallest absolute Gasteiger partial charge is 0.319 e. The molecule has 2 unspecified atom stereocenters. The summed E-state index contributed by atoms with van der Waals surface area (Å²) in [5.74, 6) is 0.820. The van der Waals surface area contributed by atoms with Crippen LogP contribution in [-0.2, 0) is 14.4 Å². The Morgan fingerprint density at radius 3 is 2.45 bits per heavy atom. The second-order valence-corrected chi connectivity index (χ2v) is 25.7. The number of benzene rings is 3. The largest absolute Gasteiger partial charge is 0.508 e. The van der Waals surface area contributed by atoms with Gasteiger partial charge in [-0.1, -0.05) is 69.2 Å². The number of pyridine rings is 1. The number of rotatable bonds is 17. The third-order valence-electron chi connectivity index (χ3n) is 17.7. The fourth-order valence-corrected chi connectivity index (χ4v) is 14.0. The molecule has 3 amide bonds. The van der Waals surface area contributed by atoms with Crippen LogP contribution in [0.4, 0.5) is 14.6 Å². The number of terminal acetylenes is 1. The summed E-state index contributed by atoms with van der Waals surface area (Å²) in [5.41, 5.74) is 5.08. The lowest BCUT2D eigenvalue weighted by molar-refractivity contribution is -0.144. The number of ether oxygens (including phenoxy) is 1. The summed E-state index contributed by atoms with van der Waals surface area (Å²) in [6.07, 6.45) is 13.1. The highest BCUT2D eigenvalue weighted by Crippen LogP contribution is 2.40. The van der Waals surface area contributed by atoms with Gasteiger partial charge in [0.2, 0.25) is 17.7 Å². The molecule has 20 heteroatoms. The maximum absolute atomic E-state index is 17.2. The molecule has 11 rings (SSSR count). The molecule has 3 aromatic carbocycles. The van der Waals surface area contributed by atoms with Crippen molar-refractivity contribution >= 4 is 56.6 Å². The summed E-state index contributed by atoms with van der Waals surface area (Å²) in [7, 11) is 0. The number of nitrogens with one attached hydrogen (secondary N) is 3. The molecule has 5 N–H and O–H groups in total. The van der Waals surface area contributed by atoms with Crippen molar-refractivity contribution in [1.82, 2.24) is 50.6 Å². The van der Waals surface area contributed by atoms with Gasteiger partial charge in [0.1, 0.15) is 47.3 Å². The number of hydrogen-bond acceptors (Lipinski definition) is 15. The number of phenolic OH excluding ortho intramolecular Hbond substituents is 1. The lowest BCUT2D eigenvalue weighted by Gasteiger charge is -2.36. The predicted molar refractivity (Wildman–Crippen MR) is 321 cm³/mol. The van der Waals surface area contributed by atoms with Gasteiger partial charge in [0, 0.05) is 67.9 Å². The summed E-state index contributed by atoms with van der Waals surface area (Å²) in [4.78, 5) is 69.8. The Morgan fingerprint density at radius 1 is 1.00 bits per heavy atom. The molecule has 7 atom stereocenters. The van der Waals surface area contributed by atoms with E-state index in [-0.39, 0.29) is 102 Å². The van der Waals surface area contributed by atoms with Crippen molar-refractivity contribution in [2.24, 2.45) is 11.3 Å². The van der Waals surface area contributed by atoms with Crippen molar-refractivity contribution in [2.75, 3.05) is 63.9 Å². The van der Waals surface area contributed by atoms with E-state index in [0.717, 1.165) is 98.4 Å². The summed E-state index contributed by atoms with van der Waals surface area (Å²) >= 11 is 1.58. The number of nitrogens with zero attached hydrogens (tertiary/aromatic N) is 8. The Kier molecular flexibility index (Phi) is 17.1. The fourth-order valence-electron chi connectivity index (χ4n) is 13.2. The second-order valence-electron chi connectivity index (χ2n) is 24.8. The van der Waals surface area contributed by atoms with E-state index in [9.17, 15) is 24.6 Å². The summed E-state index contributed by atoms with van der Waals surface area (Å²) in [6.45, 7) is 18.6. The van der Waals surface area contributed by atoms with Crippen LogP contribution in [-0.4, -0.2) is 158 Å². The second kappa shape index (κ2) is 24.4. The van der Waals surface area contributed by atoms with Crippen molar-refractivity contribution < 1.29 is 38.1 Å². The van der Waals surface area contributed by atoms with Crippen LogP contribution in [0.5, 0.6) is 11.8 Å². The lowest BCUT2D eigenvalue weighted by atomic mass is 9.85. The Hall–Kier alpha value is -7.15. The summed E-state index contributed by atoms with van der Waals surface area (Å²) in [5, 5.41) is 32.4. The van der Waals surface area contributed by atoms with Gasteiger partial charge >= 0.3 is 6.01 Å². The van der Waals surface area contributed by atoms with Crippen LogP contribution in [0.3, 0.4) is 0 Å². The predicted octanol–water partition coefficient (Wildman–Crippen LogP) is 8.05. The van der Waals surface area contributed by atoms with Crippen LogP contribution in [0.25, 0.3) is 43.4 Å². The quantitative estimate of drug-likeness (QED) is 0.0434. The molecule has 2 bridgehead atoms. The maximum Gasteiger partial charge on any atom is 0.319 e. The number of carbonyl (C=O) groups is 3. The van der Waals surface area contributed by atoms with Crippen LogP contribution >= 0.6 is 11.3 Å². The Labute approximate surface area is 493 Å². The number of fused-ring (bicyclic) bond motifs is 4. The van der Waals surface area contributed by atoms with E-state index in [4.69, 9.17) is 21.1 Å². The third-order valence-corrected chi connectivity index (χ3v) is 18.7. The Morgan fingerprint density at radius 2 is 1.75 bits per heavy atom. The van der Waals surface area contributed by atoms with Crippen molar-refractivity contribution in [3.8, 4) is 45.8 Å². The molecular weight excluding hydrogens is 1090 g/mol. The molecule has 0 aliphatic carbocycles. The highest BCUT2D eigenvalue weighted by atomic mass is 32.1. The first-order valence-corrected chi connectivity index (χ1v) is 30.3. The molecule has 6 aromatic rings. The highest BCUT2D eigenvalue weighted by Gasteiger charge is 2.45. The van der Waals surface area contributed by atoms with Gasteiger partial charge in [-0.15, -0.1) is 17.8 Å². The van der Waals surface area contributed by atoms with Gasteiger partial charge in [-0.2, -0.15) is 9.97 Å². The third kappa shape index (κ3) is 12.5. The monoisotopic (exact) mass is 1160 g/mol. The molecule has 0 saturated carbocycles. The maximum atomic E-state index is 17.2. The first-order valence-electron chi connectivity index (χ1n) is 29.4. The van der Waals surface area contributed by atoms with Crippen molar-refractivity contribution in [2.45, 2.75) is 128 Å². The van der Waals surface area contributed by atoms with Gasteiger partial charge in [-0.3, -0.25) is 29.2 Å². The summed E-state index contributed by atoms with van der Waals surface area (Å²) in [6, 6.07) is 11.9. The molecule has 5 aliphatic rings. The molecule has 0 radical (unpaired) electrons. The topological polar surface area (TPSA) is 202 Å². The molecule has 8 heterocycles. The zero-order valence-electron chi connectivity index (χ0n) is 48.5. The molecule has 5 saturated heterocycles. The zero-order valence-corrected chi connectivity index (χ0v) is 49.3. The van der Waals surface area contributed by atoms with Gasteiger partial charge in [-0.05, 0) is 124 Å². The number of thiazole rings is 1. The van der Waals surface area contributed by atoms with Gasteiger partial charge < -0.3 is 40.7 Å². The number of halogens is 2. The minimum Gasteiger partial charge on any atom is -0.508 e. The van der Waals surface area contributed by atoms with Crippen LogP contribution in [0.2, 0.25) is 0 Å². The first-order chi connectivity index (χ1) is 40.3. The minimum absolute atomic E-state index is 0.00424. The van der Waals surface area contributed by atoms with E-state index in [0.29, 0.717) is 35.6 Å². The van der Waals surface area contributed by atoms with Crippen molar-refractivity contribution in [1.29, 1.82) is 0 Å². The number of piperazine rings is 1. The standard InChI is InChI=1S/C64H75F2N11O6S/c1-8-48-51(65)18-15-42-25-46(78)26-49(54(42)48)56-55(66)57-50(28-67-56)60(76-30-43-16-17-44(31-76)70-43)73-63(72-57)83-34-45-24-36(2)29-75(45)21-9-10-39-19-22-74(23-20-39)33-53(80)71-59(64(5,6)7)62(82)77-32-47(79)27-52(77)61(81)69-37(3)40-11-13-41(14-12-40)58-38(4)68-35-84-58/h1,11-15,18,25-26,28,35,37,39,43-45,47,52,59,70,78-79H,2,9-10,16-17,19-24,27,29-34H2,3-7H3,(H,69,81)(H,71,80)/t37-,43?,44?,45-,47+,52-,59+/m0/s1. The van der Waals surface area contributed by atoms with Gasteiger partial charge in [0.25, 0.3) is 0 Å². The number of carbonyl (C=O) groups excluding carboxylic acids is 3. The lowest BCUT2D eigenvalue weighted by Crippen LogP contribution is -2.59. The highest BCUT2D eigenvalue weighted by molar-refractivity contribution is 7.13. The number of aromatic hydroxyl groups is 1. The van der Waals surface area contributed by atoms with Crippen LogP contribution in [0.1, 0.15) is 102 Å². The molecule has 3 aromatic heterocycles. The van der Waals surface area contributed by atoms with Crippen LogP contribution in [0, 0.1) is 42.2 Å². The molecule has 17 nitrogen and oxygen atoms in total. The SMILES string of the molecule is C#Cc1c(F)ccc2cc(O)cc(-c3ncc4c(N5CC6CCC(C5)N6)nc(OC[C@@H]5CC(=C)CN5CCCC5CCN(CC(=O)N[C@H](C(=O)N6C[C@H](O)C[C@H]6C(=O)N[C@@H](C)c6ccc(-c7scnc7C)cc6)C(C)(C)C)CC5)nc4c3F)c12. The number of anilines is 1. The number of hydrogen-bond donors (Lipinski definition) is 5. The number of amides is 3.